The SMILES string of the molecule is COc1ccc2c(c1)c(CC(=O)O)c(C)n2C(=O)c1ccc(Cl)cc1.O=S1(=O)CCNC1. The van der Waals surface area contributed by atoms with Gasteiger partial charge in [0.05, 0.1) is 30.7 Å². The summed E-state index contributed by atoms with van der Waals surface area (Å²) in [4.78, 5) is 24.3. The molecule has 0 aliphatic carbocycles. The molecule has 0 bridgehead atoms. The number of fused-ring (bicyclic) bond motifs is 1. The number of ether oxygens (including phenoxy) is 1. The molecule has 8 nitrogen and oxygen atoms in total. The predicted molar refractivity (Wildman–Crippen MR) is 122 cm³/mol. The predicted octanol–water partition coefficient (Wildman–Crippen LogP) is 2.89. The van der Waals surface area contributed by atoms with Gasteiger partial charge in [-0.3, -0.25) is 14.2 Å². The molecule has 3 aromatic rings. The molecule has 1 fully saturated rings. The highest BCUT2D eigenvalue weighted by atomic mass is 35.5. The number of nitrogens with one attached hydrogen (secondary N) is 1. The number of carbonyl (C=O) groups excluding carboxylic acids is 1. The summed E-state index contributed by atoms with van der Waals surface area (Å²) in [5.41, 5.74) is 2.32. The summed E-state index contributed by atoms with van der Waals surface area (Å²) in [7, 11) is -1.11. The molecule has 1 aromatic heterocycles. The lowest BCUT2D eigenvalue weighted by Crippen LogP contribution is -2.14. The Balaban J connectivity index is 0.000000352. The third kappa shape index (κ3) is 5.29. The van der Waals surface area contributed by atoms with Gasteiger partial charge in [-0.1, -0.05) is 11.6 Å². The monoisotopic (exact) mass is 478 g/mol. The summed E-state index contributed by atoms with van der Waals surface area (Å²) in [6.45, 7) is 2.38. The maximum atomic E-state index is 13.0. The third-order valence-corrected chi connectivity index (χ3v) is 6.80. The van der Waals surface area contributed by atoms with Crippen LogP contribution in [0.15, 0.2) is 42.5 Å². The van der Waals surface area contributed by atoms with Gasteiger partial charge in [0.2, 0.25) is 0 Å². The molecule has 2 aromatic carbocycles. The fourth-order valence-electron chi connectivity index (χ4n) is 3.47. The van der Waals surface area contributed by atoms with Gasteiger partial charge in [-0.15, -0.1) is 0 Å². The van der Waals surface area contributed by atoms with Crippen LogP contribution in [0.3, 0.4) is 0 Å². The standard InChI is InChI=1S/C19H16ClNO4.C3H7NO2S/c1-11-15(10-18(22)23)16-9-14(25-2)7-8-17(16)21(11)19(24)12-3-5-13(20)6-4-12;5-7(6)2-1-4-3-7/h3-9H,10H2,1-2H3,(H,22,23);4H,1-3H2. The Hall–Kier alpha value is -2.88. The number of methoxy groups -OCH3 is 1. The van der Waals surface area contributed by atoms with Gasteiger partial charge in [-0.25, -0.2) is 8.42 Å². The Labute approximate surface area is 190 Å². The number of rotatable bonds is 4. The lowest BCUT2D eigenvalue weighted by atomic mass is 10.1. The zero-order chi connectivity index (χ0) is 23.5. The molecule has 0 spiro atoms. The largest absolute Gasteiger partial charge is 0.497 e. The smallest absolute Gasteiger partial charge is 0.307 e. The Bertz CT molecular complexity index is 1250. The van der Waals surface area contributed by atoms with E-state index in [0.29, 0.717) is 50.8 Å². The normalized spacial score (nSPS) is 14.6. The molecule has 0 radical (unpaired) electrons. The minimum absolute atomic E-state index is 0.170. The van der Waals surface area contributed by atoms with Gasteiger partial charge in [0.15, 0.2) is 9.84 Å². The van der Waals surface area contributed by atoms with Gasteiger partial charge < -0.3 is 15.2 Å². The molecule has 170 valence electrons. The van der Waals surface area contributed by atoms with E-state index in [1.165, 1.54) is 4.57 Å². The van der Waals surface area contributed by atoms with Crippen LogP contribution in [0.1, 0.15) is 21.6 Å². The van der Waals surface area contributed by atoms with Crippen LogP contribution < -0.4 is 10.1 Å². The zero-order valence-electron chi connectivity index (χ0n) is 17.6. The van der Waals surface area contributed by atoms with Crippen molar-refractivity contribution in [1.29, 1.82) is 0 Å². The highest BCUT2D eigenvalue weighted by molar-refractivity contribution is 7.91. The number of carboxylic acid groups (broad SMARTS) is 1. The summed E-state index contributed by atoms with van der Waals surface area (Å²) < 4.78 is 27.5. The first-order valence-electron chi connectivity index (χ1n) is 9.74. The van der Waals surface area contributed by atoms with Gasteiger partial charge in [0, 0.05) is 28.2 Å². The number of hydrogen-bond donors (Lipinski definition) is 2. The number of aromatic nitrogens is 1. The number of hydrogen-bond acceptors (Lipinski definition) is 6. The van der Waals surface area contributed by atoms with E-state index in [4.69, 9.17) is 16.3 Å². The Morgan fingerprint density at radius 3 is 2.38 bits per heavy atom. The van der Waals surface area contributed by atoms with Crippen LogP contribution in [0.2, 0.25) is 5.02 Å². The number of carboxylic acids is 1. The highest BCUT2D eigenvalue weighted by Gasteiger charge is 2.21. The highest BCUT2D eigenvalue weighted by Crippen LogP contribution is 2.30. The molecule has 1 aliphatic rings. The van der Waals surface area contributed by atoms with Crippen LogP contribution in [0.4, 0.5) is 0 Å². The average Bonchev–Trinajstić information content (AvgIpc) is 3.28. The molecule has 2 N–H and O–H groups in total. The van der Waals surface area contributed by atoms with Crippen LogP contribution >= 0.6 is 11.6 Å². The van der Waals surface area contributed by atoms with E-state index in [1.807, 2.05) is 0 Å². The number of halogens is 1. The second-order valence-corrected chi connectivity index (χ2v) is 9.88. The van der Waals surface area contributed by atoms with Gasteiger partial charge in [0.1, 0.15) is 5.75 Å². The van der Waals surface area contributed by atoms with Crippen molar-refractivity contribution in [3.05, 3.63) is 64.3 Å². The number of nitrogens with zero attached hydrogens (tertiary/aromatic N) is 1. The summed E-state index contributed by atoms with van der Waals surface area (Å²) in [6.07, 6.45) is -0.170. The maximum absolute atomic E-state index is 13.0. The zero-order valence-corrected chi connectivity index (χ0v) is 19.2. The van der Waals surface area contributed by atoms with E-state index in [2.05, 4.69) is 5.32 Å². The fourth-order valence-corrected chi connectivity index (χ4v) is 4.66. The Kier molecular flexibility index (Phi) is 7.22. The van der Waals surface area contributed by atoms with E-state index in [0.717, 1.165) is 0 Å². The van der Waals surface area contributed by atoms with Gasteiger partial charge in [-0.2, -0.15) is 0 Å². The molecule has 32 heavy (non-hydrogen) atoms. The third-order valence-electron chi connectivity index (χ3n) is 5.08. The van der Waals surface area contributed by atoms with Crippen molar-refractivity contribution in [2.45, 2.75) is 13.3 Å². The minimum atomic E-state index is -2.66. The van der Waals surface area contributed by atoms with Crippen molar-refractivity contribution in [2.75, 3.05) is 25.3 Å². The Morgan fingerprint density at radius 1 is 1.19 bits per heavy atom. The fraction of sp³-hybridized carbons (Fsp3) is 0.273. The average molecular weight is 479 g/mol. The van der Waals surface area contributed by atoms with Crippen LogP contribution in [-0.2, 0) is 21.1 Å². The molecular weight excluding hydrogens is 456 g/mol. The summed E-state index contributed by atoms with van der Waals surface area (Å²) in [5, 5.41) is 13.2. The van der Waals surface area contributed by atoms with E-state index in [1.54, 1.807) is 56.5 Å². The van der Waals surface area contributed by atoms with Crippen molar-refractivity contribution in [2.24, 2.45) is 0 Å². The van der Waals surface area contributed by atoms with Crippen molar-refractivity contribution in [3.63, 3.8) is 0 Å². The Morgan fingerprint density at radius 2 is 1.88 bits per heavy atom. The molecule has 4 rings (SSSR count). The number of aliphatic carboxylic acids is 1. The van der Waals surface area contributed by atoms with Gasteiger partial charge in [-0.05, 0) is 55.0 Å². The topological polar surface area (TPSA) is 115 Å². The van der Waals surface area contributed by atoms with Crippen molar-refractivity contribution < 1.29 is 27.9 Å². The van der Waals surface area contributed by atoms with Gasteiger partial charge in [0.25, 0.3) is 5.91 Å². The molecule has 0 atom stereocenters. The first-order chi connectivity index (χ1) is 15.1. The molecule has 0 saturated carbocycles. The number of benzene rings is 2. The van der Waals surface area contributed by atoms with E-state index >= 15 is 0 Å². The number of sulfone groups is 1. The molecule has 0 unspecified atom stereocenters. The molecule has 2 heterocycles. The summed E-state index contributed by atoms with van der Waals surface area (Å²) in [6, 6.07) is 11.9. The molecule has 1 aliphatic heterocycles. The second-order valence-electron chi connectivity index (χ2n) is 7.26. The minimum Gasteiger partial charge on any atom is -0.497 e. The maximum Gasteiger partial charge on any atom is 0.307 e. The number of carbonyl (C=O) groups is 2. The van der Waals surface area contributed by atoms with Crippen LogP contribution in [0, 0.1) is 6.92 Å². The van der Waals surface area contributed by atoms with Crippen molar-refractivity contribution >= 4 is 44.2 Å². The second kappa shape index (κ2) is 9.72. The molecule has 0 amide bonds. The lowest BCUT2D eigenvalue weighted by Gasteiger charge is -2.08. The lowest BCUT2D eigenvalue weighted by molar-refractivity contribution is -0.136. The first kappa shape index (κ1) is 23.8. The van der Waals surface area contributed by atoms with Crippen molar-refractivity contribution in [1.82, 2.24) is 9.88 Å². The van der Waals surface area contributed by atoms with E-state index < -0.39 is 15.8 Å². The molecular formula is C22H23ClN2O6S. The summed E-state index contributed by atoms with van der Waals surface area (Å²) in [5.74, 6) is -0.0971. The van der Waals surface area contributed by atoms with E-state index in [9.17, 15) is 23.1 Å². The molecule has 10 heteroatoms. The van der Waals surface area contributed by atoms with Crippen molar-refractivity contribution in [3.8, 4) is 5.75 Å². The van der Waals surface area contributed by atoms with Crippen LogP contribution in [0.5, 0.6) is 5.75 Å². The summed E-state index contributed by atoms with van der Waals surface area (Å²) >= 11 is 5.89. The van der Waals surface area contributed by atoms with Gasteiger partial charge >= 0.3 is 5.97 Å². The molecule has 1 saturated heterocycles. The van der Waals surface area contributed by atoms with E-state index in [-0.39, 0.29) is 18.2 Å². The van der Waals surface area contributed by atoms with Crippen LogP contribution in [0.25, 0.3) is 10.9 Å². The quantitative estimate of drug-likeness (QED) is 0.592. The van der Waals surface area contributed by atoms with Crippen LogP contribution in [-0.4, -0.2) is 55.3 Å². The first-order valence-corrected chi connectivity index (χ1v) is 11.9.